The van der Waals surface area contributed by atoms with Crippen LogP contribution < -0.4 is 5.73 Å². The fourth-order valence-electron chi connectivity index (χ4n) is 1.64. The van der Waals surface area contributed by atoms with E-state index in [1.54, 1.807) is 6.92 Å². The fourth-order valence-corrected chi connectivity index (χ4v) is 1.64. The Kier molecular flexibility index (Phi) is 4.19. The number of rotatable bonds is 4. The number of benzene rings is 1. The molecule has 0 bridgehead atoms. The van der Waals surface area contributed by atoms with Crippen molar-refractivity contribution in [2.75, 3.05) is 12.3 Å². The van der Waals surface area contributed by atoms with E-state index in [0.717, 1.165) is 12.1 Å². The number of nitrogens with zero attached hydrogens (tertiary/aromatic N) is 2. The van der Waals surface area contributed by atoms with E-state index in [0.29, 0.717) is 6.61 Å². The van der Waals surface area contributed by atoms with Crippen LogP contribution in [0.25, 0.3) is 11.3 Å². The third-order valence-electron chi connectivity index (χ3n) is 2.54. The molecule has 106 valence electrons. The molecule has 0 spiro atoms. The molecule has 0 aliphatic heterocycles. The Morgan fingerprint density at radius 3 is 2.60 bits per heavy atom. The zero-order chi connectivity index (χ0) is 14.7. The Morgan fingerprint density at radius 1 is 1.15 bits per heavy atom. The van der Waals surface area contributed by atoms with Gasteiger partial charge in [-0.05, 0) is 19.1 Å². The Labute approximate surface area is 113 Å². The van der Waals surface area contributed by atoms with Crippen LogP contribution in [-0.4, -0.2) is 16.6 Å². The molecule has 0 unspecified atom stereocenters. The molecule has 0 radical (unpaired) electrons. The predicted octanol–water partition coefficient (Wildman–Crippen LogP) is 2.68. The smallest absolute Gasteiger partial charge is 0.195 e. The first-order valence-corrected chi connectivity index (χ1v) is 5.88. The van der Waals surface area contributed by atoms with Gasteiger partial charge in [-0.2, -0.15) is 0 Å². The lowest BCUT2D eigenvalue weighted by atomic mass is 10.1. The zero-order valence-corrected chi connectivity index (χ0v) is 10.7. The van der Waals surface area contributed by atoms with Crippen LogP contribution in [0.3, 0.4) is 0 Å². The molecule has 0 aliphatic carbocycles. The van der Waals surface area contributed by atoms with Gasteiger partial charge in [-0.1, -0.05) is 0 Å². The molecule has 20 heavy (non-hydrogen) atoms. The average molecular weight is 283 g/mol. The fraction of sp³-hybridized carbons (Fsp3) is 0.231. The quantitative estimate of drug-likeness (QED) is 0.876. The van der Waals surface area contributed by atoms with Crippen molar-refractivity contribution in [3.8, 4) is 11.3 Å². The summed E-state index contributed by atoms with van der Waals surface area (Å²) in [4.78, 5) is 7.95. The predicted molar refractivity (Wildman–Crippen MR) is 67.1 cm³/mol. The monoisotopic (exact) mass is 283 g/mol. The van der Waals surface area contributed by atoms with Gasteiger partial charge in [0.25, 0.3) is 0 Å². The van der Waals surface area contributed by atoms with Crippen LogP contribution >= 0.6 is 0 Å². The van der Waals surface area contributed by atoms with Crippen LogP contribution in [0.4, 0.5) is 19.0 Å². The van der Waals surface area contributed by atoms with E-state index in [9.17, 15) is 13.2 Å². The largest absolute Gasteiger partial charge is 0.384 e. The number of nitrogen functional groups attached to an aromatic ring is 1. The standard InChI is InChI=1S/C13H12F3N3O/c1-2-20-6-11-18-9(5-10(17)19-11)7-3-4-8(14)13(16)12(7)15/h3-5H,2,6H2,1H3,(H2,17,18,19). The van der Waals surface area contributed by atoms with E-state index in [1.807, 2.05) is 0 Å². The normalized spacial score (nSPS) is 10.8. The highest BCUT2D eigenvalue weighted by molar-refractivity contribution is 5.62. The Morgan fingerprint density at radius 2 is 1.90 bits per heavy atom. The highest BCUT2D eigenvalue weighted by Crippen LogP contribution is 2.25. The van der Waals surface area contributed by atoms with Gasteiger partial charge in [0.05, 0.1) is 5.69 Å². The lowest BCUT2D eigenvalue weighted by Crippen LogP contribution is -2.05. The molecule has 0 aliphatic rings. The molecular formula is C13H12F3N3O. The number of halogens is 3. The molecule has 2 aromatic rings. The third kappa shape index (κ3) is 2.88. The number of nitrogens with two attached hydrogens (primary N) is 1. The third-order valence-corrected chi connectivity index (χ3v) is 2.54. The van der Waals surface area contributed by atoms with Gasteiger partial charge in [0, 0.05) is 18.2 Å². The maximum atomic E-state index is 13.7. The highest BCUT2D eigenvalue weighted by atomic mass is 19.2. The van der Waals surface area contributed by atoms with E-state index < -0.39 is 17.5 Å². The molecular weight excluding hydrogens is 271 g/mol. The summed E-state index contributed by atoms with van der Waals surface area (Å²) in [5.41, 5.74) is 5.48. The van der Waals surface area contributed by atoms with Crippen LogP contribution in [0.2, 0.25) is 0 Å². The lowest BCUT2D eigenvalue weighted by Gasteiger charge is -2.07. The highest BCUT2D eigenvalue weighted by Gasteiger charge is 2.16. The summed E-state index contributed by atoms with van der Waals surface area (Å²) in [5.74, 6) is -3.79. The van der Waals surface area contributed by atoms with Gasteiger partial charge >= 0.3 is 0 Å². The van der Waals surface area contributed by atoms with Gasteiger partial charge in [-0.25, -0.2) is 23.1 Å². The number of hydrogen-bond acceptors (Lipinski definition) is 4. The minimum atomic E-state index is -1.55. The summed E-state index contributed by atoms with van der Waals surface area (Å²) < 4.78 is 45.0. The zero-order valence-electron chi connectivity index (χ0n) is 10.7. The Hall–Kier alpha value is -2.15. The minimum absolute atomic E-state index is 0.0728. The van der Waals surface area contributed by atoms with Gasteiger partial charge in [-0.15, -0.1) is 0 Å². The second-order valence-electron chi connectivity index (χ2n) is 3.95. The van der Waals surface area contributed by atoms with Gasteiger partial charge in [0.2, 0.25) is 0 Å². The van der Waals surface area contributed by atoms with Gasteiger partial charge in [0.1, 0.15) is 12.4 Å². The Balaban J connectivity index is 2.47. The van der Waals surface area contributed by atoms with E-state index in [2.05, 4.69) is 9.97 Å². The van der Waals surface area contributed by atoms with Gasteiger partial charge in [-0.3, -0.25) is 0 Å². The number of ether oxygens (including phenoxy) is 1. The molecule has 7 heteroatoms. The number of aromatic nitrogens is 2. The molecule has 0 saturated carbocycles. The summed E-state index contributed by atoms with van der Waals surface area (Å²) in [7, 11) is 0. The van der Waals surface area contributed by atoms with Crippen LogP contribution in [0.1, 0.15) is 12.7 Å². The molecule has 0 saturated heterocycles. The van der Waals surface area contributed by atoms with Crippen LogP contribution in [0.5, 0.6) is 0 Å². The second-order valence-corrected chi connectivity index (χ2v) is 3.95. The van der Waals surface area contributed by atoms with Crippen molar-refractivity contribution in [2.45, 2.75) is 13.5 Å². The van der Waals surface area contributed by atoms with E-state index >= 15 is 0 Å². The van der Waals surface area contributed by atoms with Crippen molar-refractivity contribution >= 4 is 5.82 Å². The molecule has 4 nitrogen and oxygen atoms in total. The summed E-state index contributed by atoms with van der Waals surface area (Å²) >= 11 is 0. The van der Waals surface area contributed by atoms with Crippen molar-refractivity contribution in [1.29, 1.82) is 0 Å². The topological polar surface area (TPSA) is 61.0 Å². The van der Waals surface area contributed by atoms with E-state index in [-0.39, 0.29) is 29.5 Å². The van der Waals surface area contributed by atoms with Crippen molar-refractivity contribution in [2.24, 2.45) is 0 Å². The van der Waals surface area contributed by atoms with Gasteiger partial charge in [0.15, 0.2) is 23.3 Å². The second kappa shape index (κ2) is 5.87. The van der Waals surface area contributed by atoms with E-state index in [1.165, 1.54) is 6.07 Å². The van der Waals surface area contributed by atoms with E-state index in [4.69, 9.17) is 10.5 Å². The summed E-state index contributed by atoms with van der Waals surface area (Å²) in [6, 6.07) is 3.21. The molecule has 1 aromatic carbocycles. The van der Waals surface area contributed by atoms with Crippen LogP contribution in [-0.2, 0) is 11.3 Å². The molecule has 0 atom stereocenters. The van der Waals surface area contributed by atoms with Crippen molar-refractivity contribution in [3.63, 3.8) is 0 Å². The first-order valence-electron chi connectivity index (χ1n) is 5.88. The summed E-state index contributed by atoms with van der Waals surface area (Å²) in [5, 5.41) is 0. The molecule has 1 heterocycles. The van der Waals surface area contributed by atoms with Crippen molar-refractivity contribution < 1.29 is 17.9 Å². The van der Waals surface area contributed by atoms with Crippen molar-refractivity contribution in [3.05, 3.63) is 41.5 Å². The van der Waals surface area contributed by atoms with Crippen LogP contribution in [0.15, 0.2) is 18.2 Å². The van der Waals surface area contributed by atoms with Crippen LogP contribution in [0, 0.1) is 17.5 Å². The van der Waals surface area contributed by atoms with Crippen molar-refractivity contribution in [1.82, 2.24) is 9.97 Å². The average Bonchev–Trinajstić information content (AvgIpc) is 2.42. The molecule has 1 aromatic heterocycles. The first kappa shape index (κ1) is 14.3. The molecule has 2 rings (SSSR count). The summed E-state index contributed by atoms with van der Waals surface area (Å²) in [6.45, 7) is 2.34. The molecule has 0 fully saturated rings. The summed E-state index contributed by atoms with van der Waals surface area (Å²) in [6.07, 6.45) is 0. The number of anilines is 1. The lowest BCUT2D eigenvalue weighted by molar-refractivity contribution is 0.128. The molecule has 2 N–H and O–H groups in total. The number of hydrogen-bond donors (Lipinski definition) is 1. The maximum Gasteiger partial charge on any atom is 0.195 e. The minimum Gasteiger partial charge on any atom is -0.384 e. The SMILES string of the molecule is CCOCc1nc(N)cc(-c2ccc(F)c(F)c2F)n1. The van der Waals surface area contributed by atoms with Gasteiger partial charge < -0.3 is 10.5 Å². The first-order chi connectivity index (χ1) is 9.52. The maximum absolute atomic E-state index is 13.7. The molecule has 0 amide bonds. The Bertz CT molecular complexity index is 634.